The van der Waals surface area contributed by atoms with Gasteiger partial charge in [0.1, 0.15) is 5.82 Å². The lowest BCUT2D eigenvalue weighted by Crippen LogP contribution is -2.26. The van der Waals surface area contributed by atoms with Crippen LogP contribution >= 0.6 is 0 Å². The summed E-state index contributed by atoms with van der Waals surface area (Å²) < 4.78 is 1.79. The number of carboxylic acid groups (broad SMARTS) is 1. The molecular weight excluding hydrogens is 270 g/mol. The Morgan fingerprint density at radius 2 is 2.14 bits per heavy atom. The highest BCUT2D eigenvalue weighted by atomic mass is 16.4. The van der Waals surface area contributed by atoms with Crippen molar-refractivity contribution in [3.63, 3.8) is 0 Å². The number of hydrogen-bond acceptors (Lipinski definition) is 3. The first kappa shape index (κ1) is 13.6. The molecule has 3 rings (SSSR count). The summed E-state index contributed by atoms with van der Waals surface area (Å²) in [4.78, 5) is 27.6. The Labute approximate surface area is 121 Å². The van der Waals surface area contributed by atoms with Gasteiger partial charge in [-0.1, -0.05) is 12.1 Å². The monoisotopic (exact) mass is 287 g/mol. The Balaban J connectivity index is 1.91. The molecule has 1 saturated carbocycles. The predicted molar refractivity (Wildman–Crippen MR) is 78.6 cm³/mol. The van der Waals surface area contributed by atoms with Crippen molar-refractivity contribution in [1.82, 2.24) is 14.9 Å². The lowest BCUT2D eigenvalue weighted by molar-refractivity contribution is 0.194. The molecule has 0 bridgehead atoms. The minimum Gasteiger partial charge on any atom is -0.465 e. The molecule has 0 aliphatic heterocycles. The smallest absolute Gasteiger partial charge is 0.404 e. The number of hydrogen-bond donors (Lipinski definition) is 2. The van der Waals surface area contributed by atoms with E-state index in [0.717, 1.165) is 18.7 Å². The number of rotatable bonds is 5. The van der Waals surface area contributed by atoms with E-state index in [2.05, 4.69) is 10.3 Å². The van der Waals surface area contributed by atoms with Gasteiger partial charge in [0.25, 0.3) is 5.56 Å². The SMILES string of the molecule is O=C(O)NCCCc1nc2ccccc2c(=O)n1C1CC1. The molecule has 0 spiro atoms. The van der Waals surface area contributed by atoms with Gasteiger partial charge in [0, 0.05) is 19.0 Å². The standard InChI is InChI=1S/C15H17N3O3/c19-14-11-4-1-2-5-12(11)17-13(18(14)10-7-8-10)6-3-9-16-15(20)21/h1-2,4-5,10,16H,3,6-9H2,(H,20,21). The first-order valence-electron chi connectivity index (χ1n) is 7.14. The number of nitrogens with one attached hydrogen (secondary N) is 1. The Hall–Kier alpha value is -2.37. The highest BCUT2D eigenvalue weighted by molar-refractivity contribution is 5.77. The third-order valence-electron chi connectivity index (χ3n) is 3.65. The number of aryl methyl sites for hydroxylation is 1. The fourth-order valence-electron chi connectivity index (χ4n) is 2.52. The zero-order valence-corrected chi connectivity index (χ0v) is 11.6. The molecule has 1 heterocycles. The number of carbonyl (C=O) groups is 1. The highest BCUT2D eigenvalue weighted by Crippen LogP contribution is 2.34. The second kappa shape index (κ2) is 5.55. The van der Waals surface area contributed by atoms with E-state index >= 15 is 0 Å². The molecule has 1 amide bonds. The molecule has 0 atom stereocenters. The lowest BCUT2D eigenvalue weighted by Gasteiger charge is -2.12. The maximum atomic E-state index is 12.6. The van der Waals surface area contributed by atoms with Crippen LogP contribution in [0.1, 0.15) is 31.1 Å². The first-order valence-corrected chi connectivity index (χ1v) is 7.14. The number of benzene rings is 1. The van der Waals surface area contributed by atoms with E-state index in [-0.39, 0.29) is 11.6 Å². The molecule has 0 saturated heterocycles. The van der Waals surface area contributed by atoms with E-state index < -0.39 is 6.09 Å². The van der Waals surface area contributed by atoms with Gasteiger partial charge in [-0.25, -0.2) is 9.78 Å². The molecular formula is C15H17N3O3. The summed E-state index contributed by atoms with van der Waals surface area (Å²) in [5.74, 6) is 0.758. The van der Waals surface area contributed by atoms with Crippen molar-refractivity contribution in [3.05, 3.63) is 40.4 Å². The molecule has 0 unspecified atom stereocenters. The van der Waals surface area contributed by atoms with E-state index in [1.54, 1.807) is 10.6 Å². The van der Waals surface area contributed by atoms with Gasteiger partial charge < -0.3 is 10.4 Å². The van der Waals surface area contributed by atoms with Crippen LogP contribution < -0.4 is 10.9 Å². The second-order valence-electron chi connectivity index (χ2n) is 5.29. The van der Waals surface area contributed by atoms with Crippen LogP contribution in [0.2, 0.25) is 0 Å². The van der Waals surface area contributed by atoms with Crippen LogP contribution in [0, 0.1) is 0 Å². The molecule has 1 aromatic heterocycles. The quantitative estimate of drug-likeness (QED) is 0.823. The van der Waals surface area contributed by atoms with E-state index in [0.29, 0.717) is 30.3 Å². The summed E-state index contributed by atoms with van der Waals surface area (Å²) in [5, 5.41) is 11.6. The molecule has 1 aliphatic carbocycles. The lowest BCUT2D eigenvalue weighted by atomic mass is 10.2. The Kier molecular flexibility index (Phi) is 3.60. The Morgan fingerprint density at radius 3 is 2.86 bits per heavy atom. The van der Waals surface area contributed by atoms with Crippen molar-refractivity contribution < 1.29 is 9.90 Å². The van der Waals surface area contributed by atoms with Crippen molar-refractivity contribution in [2.24, 2.45) is 0 Å². The fraction of sp³-hybridized carbons (Fsp3) is 0.400. The van der Waals surface area contributed by atoms with Crippen LogP contribution in [0.25, 0.3) is 10.9 Å². The molecule has 1 aliphatic rings. The van der Waals surface area contributed by atoms with Gasteiger partial charge in [0.2, 0.25) is 0 Å². The van der Waals surface area contributed by atoms with Gasteiger partial charge >= 0.3 is 6.09 Å². The van der Waals surface area contributed by atoms with Crippen molar-refractivity contribution in [3.8, 4) is 0 Å². The zero-order valence-electron chi connectivity index (χ0n) is 11.6. The molecule has 0 radical (unpaired) electrons. The number of fused-ring (bicyclic) bond motifs is 1. The van der Waals surface area contributed by atoms with Crippen LogP contribution in [0.3, 0.4) is 0 Å². The number of aromatic nitrogens is 2. The van der Waals surface area contributed by atoms with E-state index in [4.69, 9.17) is 5.11 Å². The summed E-state index contributed by atoms with van der Waals surface area (Å²) in [7, 11) is 0. The van der Waals surface area contributed by atoms with Crippen molar-refractivity contribution >= 4 is 17.0 Å². The van der Waals surface area contributed by atoms with Gasteiger partial charge in [-0.2, -0.15) is 0 Å². The van der Waals surface area contributed by atoms with Crippen molar-refractivity contribution in [2.75, 3.05) is 6.54 Å². The Bertz CT molecular complexity index is 735. The third kappa shape index (κ3) is 2.89. The van der Waals surface area contributed by atoms with Gasteiger partial charge in [0.05, 0.1) is 10.9 Å². The number of amides is 1. The first-order chi connectivity index (χ1) is 10.2. The molecule has 1 aromatic carbocycles. The summed E-state index contributed by atoms with van der Waals surface area (Å²) in [6.07, 6.45) is 2.22. The van der Waals surface area contributed by atoms with E-state index in [1.165, 1.54) is 0 Å². The molecule has 21 heavy (non-hydrogen) atoms. The molecule has 6 heteroatoms. The maximum absolute atomic E-state index is 12.6. The van der Waals surface area contributed by atoms with Gasteiger partial charge in [-0.15, -0.1) is 0 Å². The molecule has 110 valence electrons. The normalized spacial score (nSPS) is 14.3. The van der Waals surface area contributed by atoms with Crippen molar-refractivity contribution in [2.45, 2.75) is 31.7 Å². The minimum absolute atomic E-state index is 0.0179. The highest BCUT2D eigenvalue weighted by Gasteiger charge is 2.28. The number of para-hydroxylation sites is 1. The third-order valence-corrected chi connectivity index (χ3v) is 3.65. The molecule has 1 fully saturated rings. The zero-order chi connectivity index (χ0) is 14.8. The second-order valence-corrected chi connectivity index (χ2v) is 5.29. The van der Waals surface area contributed by atoms with E-state index in [9.17, 15) is 9.59 Å². The van der Waals surface area contributed by atoms with Crippen LogP contribution in [-0.4, -0.2) is 27.3 Å². The molecule has 2 N–H and O–H groups in total. The molecule has 2 aromatic rings. The summed E-state index contributed by atoms with van der Waals surface area (Å²) in [6, 6.07) is 7.62. The van der Waals surface area contributed by atoms with Crippen LogP contribution in [0.5, 0.6) is 0 Å². The maximum Gasteiger partial charge on any atom is 0.404 e. The minimum atomic E-state index is -1.03. The summed E-state index contributed by atoms with van der Waals surface area (Å²) in [6.45, 7) is 0.364. The average Bonchev–Trinajstić information content (AvgIpc) is 3.28. The van der Waals surface area contributed by atoms with Crippen LogP contribution in [0.15, 0.2) is 29.1 Å². The fourth-order valence-corrected chi connectivity index (χ4v) is 2.52. The van der Waals surface area contributed by atoms with Gasteiger partial charge in [-0.05, 0) is 31.4 Å². The predicted octanol–water partition coefficient (Wildman–Crippen LogP) is 1.93. The average molecular weight is 287 g/mol. The van der Waals surface area contributed by atoms with Crippen LogP contribution in [-0.2, 0) is 6.42 Å². The van der Waals surface area contributed by atoms with Gasteiger partial charge in [-0.3, -0.25) is 9.36 Å². The molecule has 6 nitrogen and oxygen atoms in total. The largest absolute Gasteiger partial charge is 0.465 e. The van der Waals surface area contributed by atoms with Crippen LogP contribution in [0.4, 0.5) is 4.79 Å². The van der Waals surface area contributed by atoms with Gasteiger partial charge in [0.15, 0.2) is 0 Å². The Morgan fingerprint density at radius 1 is 1.38 bits per heavy atom. The van der Waals surface area contributed by atoms with E-state index in [1.807, 2.05) is 18.2 Å². The summed E-state index contributed by atoms with van der Waals surface area (Å²) >= 11 is 0. The number of nitrogens with zero attached hydrogens (tertiary/aromatic N) is 2. The summed E-state index contributed by atoms with van der Waals surface area (Å²) in [5.41, 5.74) is 0.727. The topological polar surface area (TPSA) is 84.2 Å². The van der Waals surface area contributed by atoms with Crippen molar-refractivity contribution in [1.29, 1.82) is 0 Å².